The molecule has 0 spiro atoms. The Morgan fingerprint density at radius 2 is 1.81 bits per heavy atom. The third-order valence-electron chi connectivity index (χ3n) is 5.68. The molecule has 0 bridgehead atoms. The number of anilines is 2. The normalized spacial score (nSPS) is 19.1. The lowest BCUT2D eigenvalue weighted by molar-refractivity contribution is -0.384. The molecule has 0 saturated carbocycles. The first-order valence-electron chi connectivity index (χ1n) is 9.87. The highest BCUT2D eigenvalue weighted by Gasteiger charge is 2.39. The smallest absolute Gasteiger partial charge is 0.294 e. The molecular formula is C21H20ClFN4O4. The van der Waals surface area contributed by atoms with Crippen molar-refractivity contribution < 1.29 is 18.9 Å². The average molecular weight is 447 g/mol. The van der Waals surface area contributed by atoms with Gasteiger partial charge in [-0.05, 0) is 24.3 Å². The third kappa shape index (κ3) is 4.18. The summed E-state index contributed by atoms with van der Waals surface area (Å²) in [5.41, 5.74) is 0.570. The maximum Gasteiger partial charge on any atom is 0.294 e. The molecule has 162 valence electrons. The number of carbonyl (C=O) groups excluding carboxylic acids is 2. The van der Waals surface area contributed by atoms with Crippen LogP contribution in [0.25, 0.3) is 0 Å². The second-order valence-corrected chi connectivity index (χ2v) is 8.00. The number of nitro benzene ring substituents is 1. The van der Waals surface area contributed by atoms with Gasteiger partial charge in [-0.15, -0.1) is 0 Å². The summed E-state index contributed by atoms with van der Waals surface area (Å²) in [4.78, 5) is 41.1. The summed E-state index contributed by atoms with van der Waals surface area (Å²) < 4.78 is 14.1. The molecule has 2 amide bonds. The fourth-order valence-electron chi connectivity index (χ4n) is 4.11. The molecule has 2 aromatic rings. The van der Waals surface area contributed by atoms with E-state index in [4.69, 9.17) is 11.6 Å². The minimum Gasteiger partial charge on any atom is -0.362 e. The highest BCUT2D eigenvalue weighted by Crippen LogP contribution is 2.32. The highest BCUT2D eigenvalue weighted by molar-refractivity contribution is 6.30. The summed E-state index contributed by atoms with van der Waals surface area (Å²) in [5, 5.41) is 11.6. The highest BCUT2D eigenvalue weighted by atomic mass is 35.5. The molecule has 1 atom stereocenters. The van der Waals surface area contributed by atoms with Gasteiger partial charge in [0.15, 0.2) is 0 Å². The maximum atomic E-state index is 14.1. The van der Waals surface area contributed by atoms with Crippen LogP contribution in [-0.2, 0) is 9.59 Å². The standard InChI is InChI=1S/C21H20ClFN4O4/c22-15-5-6-18(19(12-15)27(30)31)24-7-9-25(10-8-24)21(29)14-11-20(28)26(13-14)17-4-2-1-3-16(17)23/h1-6,12,14H,7-11,13H2. The summed E-state index contributed by atoms with van der Waals surface area (Å²) in [6, 6.07) is 10.5. The van der Waals surface area contributed by atoms with Crippen molar-refractivity contribution in [1.82, 2.24) is 4.90 Å². The van der Waals surface area contributed by atoms with Gasteiger partial charge < -0.3 is 14.7 Å². The van der Waals surface area contributed by atoms with Gasteiger partial charge in [-0.25, -0.2) is 4.39 Å². The van der Waals surface area contributed by atoms with Gasteiger partial charge in [-0.1, -0.05) is 23.7 Å². The van der Waals surface area contributed by atoms with E-state index in [1.165, 1.54) is 23.1 Å². The number of amides is 2. The van der Waals surface area contributed by atoms with Crippen LogP contribution in [0.5, 0.6) is 0 Å². The van der Waals surface area contributed by atoms with E-state index in [0.29, 0.717) is 31.9 Å². The molecule has 2 saturated heterocycles. The molecule has 0 N–H and O–H groups in total. The molecule has 8 nitrogen and oxygen atoms in total. The SMILES string of the molecule is O=C(C1CC(=O)N(c2ccccc2F)C1)N1CCN(c2ccc(Cl)cc2[N+](=O)[O-])CC1. The number of piperazine rings is 1. The molecule has 1 unspecified atom stereocenters. The predicted octanol–water partition coefficient (Wildman–Crippen LogP) is 3.09. The zero-order valence-corrected chi connectivity index (χ0v) is 17.3. The van der Waals surface area contributed by atoms with Crippen LogP contribution in [0.2, 0.25) is 5.02 Å². The van der Waals surface area contributed by atoms with Gasteiger partial charge in [0.1, 0.15) is 11.5 Å². The molecular weight excluding hydrogens is 427 g/mol. The average Bonchev–Trinajstić information content (AvgIpc) is 3.15. The van der Waals surface area contributed by atoms with E-state index < -0.39 is 16.7 Å². The second kappa shape index (κ2) is 8.50. The first-order valence-corrected chi connectivity index (χ1v) is 10.3. The molecule has 0 aliphatic carbocycles. The number of nitrogens with zero attached hydrogens (tertiary/aromatic N) is 4. The van der Waals surface area contributed by atoms with E-state index in [1.54, 1.807) is 29.2 Å². The zero-order valence-electron chi connectivity index (χ0n) is 16.5. The number of hydrogen-bond acceptors (Lipinski definition) is 5. The minimum atomic E-state index is -0.538. The number of carbonyl (C=O) groups is 2. The van der Waals surface area contributed by atoms with Gasteiger partial charge in [-0.3, -0.25) is 19.7 Å². The lowest BCUT2D eigenvalue weighted by atomic mass is 10.1. The van der Waals surface area contributed by atoms with Crippen LogP contribution in [0.1, 0.15) is 6.42 Å². The topological polar surface area (TPSA) is 87.0 Å². The van der Waals surface area contributed by atoms with Crippen molar-refractivity contribution in [3.63, 3.8) is 0 Å². The Morgan fingerprint density at radius 3 is 2.48 bits per heavy atom. The van der Waals surface area contributed by atoms with Gasteiger partial charge in [0.25, 0.3) is 5.69 Å². The Kier molecular flexibility index (Phi) is 5.77. The van der Waals surface area contributed by atoms with Crippen LogP contribution in [-0.4, -0.2) is 54.4 Å². The summed E-state index contributed by atoms with van der Waals surface area (Å²) in [7, 11) is 0. The molecule has 31 heavy (non-hydrogen) atoms. The quantitative estimate of drug-likeness (QED) is 0.532. The first-order chi connectivity index (χ1) is 14.8. The number of hydrogen-bond donors (Lipinski definition) is 0. The molecule has 2 aliphatic heterocycles. The van der Waals surface area contributed by atoms with E-state index in [-0.39, 0.29) is 41.2 Å². The van der Waals surface area contributed by atoms with E-state index in [9.17, 15) is 24.1 Å². The Morgan fingerprint density at radius 1 is 1.10 bits per heavy atom. The second-order valence-electron chi connectivity index (χ2n) is 7.56. The monoisotopic (exact) mass is 446 g/mol. The molecule has 4 rings (SSSR count). The lowest BCUT2D eigenvalue weighted by Crippen LogP contribution is -2.50. The van der Waals surface area contributed by atoms with E-state index in [0.717, 1.165) is 0 Å². The van der Waals surface area contributed by atoms with Gasteiger partial charge >= 0.3 is 0 Å². The van der Waals surface area contributed by atoms with Crippen molar-refractivity contribution in [3.05, 3.63) is 63.4 Å². The molecule has 2 aliphatic rings. The number of para-hydroxylation sites is 1. The van der Waals surface area contributed by atoms with Crippen molar-refractivity contribution in [2.45, 2.75) is 6.42 Å². The molecule has 10 heteroatoms. The Labute approximate surface area is 182 Å². The summed E-state index contributed by atoms with van der Waals surface area (Å²) in [6.07, 6.45) is 0.0377. The predicted molar refractivity (Wildman–Crippen MR) is 114 cm³/mol. The summed E-state index contributed by atoms with van der Waals surface area (Å²) in [5.74, 6) is -1.47. The van der Waals surface area contributed by atoms with Crippen LogP contribution in [0.4, 0.5) is 21.5 Å². The molecule has 0 radical (unpaired) electrons. The minimum absolute atomic E-state index is 0.0377. The van der Waals surface area contributed by atoms with Crippen LogP contribution in [0, 0.1) is 21.8 Å². The van der Waals surface area contributed by atoms with Crippen LogP contribution < -0.4 is 9.80 Å². The number of benzene rings is 2. The Bertz CT molecular complexity index is 1040. The van der Waals surface area contributed by atoms with Crippen molar-refractivity contribution in [2.75, 3.05) is 42.5 Å². The first kappa shape index (κ1) is 21.0. The van der Waals surface area contributed by atoms with Crippen LogP contribution >= 0.6 is 11.6 Å². The van der Waals surface area contributed by atoms with Crippen molar-refractivity contribution in [1.29, 1.82) is 0 Å². The van der Waals surface area contributed by atoms with Gasteiger partial charge in [0.05, 0.1) is 16.5 Å². The van der Waals surface area contributed by atoms with Crippen LogP contribution in [0.3, 0.4) is 0 Å². The van der Waals surface area contributed by atoms with E-state index in [2.05, 4.69) is 0 Å². The van der Waals surface area contributed by atoms with Gasteiger partial charge in [0, 0.05) is 50.2 Å². The number of rotatable bonds is 4. The van der Waals surface area contributed by atoms with E-state index >= 15 is 0 Å². The van der Waals surface area contributed by atoms with Crippen LogP contribution in [0.15, 0.2) is 42.5 Å². The van der Waals surface area contributed by atoms with E-state index in [1.807, 2.05) is 4.90 Å². The lowest BCUT2D eigenvalue weighted by Gasteiger charge is -2.36. The van der Waals surface area contributed by atoms with Gasteiger partial charge in [0.2, 0.25) is 11.8 Å². The molecule has 2 heterocycles. The van der Waals surface area contributed by atoms with Crippen molar-refractivity contribution >= 4 is 40.5 Å². The fraction of sp³-hybridized carbons (Fsp3) is 0.333. The molecule has 2 fully saturated rings. The zero-order chi connectivity index (χ0) is 22.1. The Hall–Kier alpha value is -3.20. The third-order valence-corrected chi connectivity index (χ3v) is 5.92. The maximum absolute atomic E-state index is 14.1. The van der Waals surface area contributed by atoms with Crippen molar-refractivity contribution in [2.24, 2.45) is 5.92 Å². The Balaban J connectivity index is 1.41. The molecule has 2 aromatic carbocycles. The fourth-order valence-corrected chi connectivity index (χ4v) is 4.28. The summed E-state index contributed by atoms with van der Waals surface area (Å²) >= 11 is 5.88. The molecule has 0 aromatic heterocycles. The number of nitro groups is 1. The van der Waals surface area contributed by atoms with Crippen molar-refractivity contribution in [3.8, 4) is 0 Å². The van der Waals surface area contributed by atoms with Gasteiger partial charge in [-0.2, -0.15) is 0 Å². The number of halogens is 2. The largest absolute Gasteiger partial charge is 0.362 e. The summed E-state index contributed by atoms with van der Waals surface area (Å²) in [6.45, 7) is 1.74.